The van der Waals surface area contributed by atoms with E-state index in [0.717, 1.165) is 19.4 Å². The Balaban J connectivity index is 4.70. The molecule has 0 spiro atoms. The van der Waals surface area contributed by atoms with E-state index in [1.165, 1.54) is 0 Å². The summed E-state index contributed by atoms with van der Waals surface area (Å²) in [6.07, 6.45) is 5.37. The Morgan fingerprint density at radius 2 is 1.95 bits per heavy atom. The van der Waals surface area contributed by atoms with Gasteiger partial charge in [-0.05, 0) is 31.5 Å². The number of unbranched alkanes of at least 4 members (excludes halogenated alkanes) is 1. The van der Waals surface area contributed by atoms with Gasteiger partial charge in [0.05, 0.1) is 0 Å². The van der Waals surface area contributed by atoms with Gasteiger partial charge in [0.15, 0.2) is 8.32 Å². The number of allylic oxidation sites excluding steroid dienone is 1. The molecule has 0 aliphatic heterocycles. The summed E-state index contributed by atoms with van der Waals surface area (Å²) in [7, 11) is -1.93. The van der Waals surface area contributed by atoms with Crippen LogP contribution in [0.3, 0.4) is 0 Å². The second-order valence-corrected chi connectivity index (χ2v) is 11.2. The minimum absolute atomic E-state index is 0.0172. The van der Waals surface area contributed by atoms with Crippen LogP contribution in [-0.2, 0) is 9.22 Å². The minimum atomic E-state index is -1.93. The lowest BCUT2D eigenvalue weighted by atomic mass is 10.2. The quantitative estimate of drug-likeness (QED) is 0.438. The number of amides is 1. The lowest BCUT2D eigenvalue weighted by Gasteiger charge is -2.38. The van der Waals surface area contributed by atoms with Crippen LogP contribution in [-0.4, -0.2) is 26.9 Å². The summed E-state index contributed by atoms with van der Waals surface area (Å²) in [5.74, 6) is -0.0172. The molecule has 0 bridgehead atoms. The van der Waals surface area contributed by atoms with Crippen molar-refractivity contribution < 1.29 is 9.22 Å². The molecule has 0 fully saturated rings. The summed E-state index contributed by atoms with van der Waals surface area (Å²) < 4.78 is 6.18. The van der Waals surface area contributed by atoms with E-state index in [-0.39, 0.29) is 10.9 Å². The van der Waals surface area contributed by atoms with Crippen LogP contribution in [0.4, 0.5) is 0 Å². The molecule has 0 aromatic rings. The highest BCUT2D eigenvalue weighted by Crippen LogP contribution is 2.37. The normalized spacial score (nSPS) is 14.7. The number of hydrogen-bond acceptors (Lipinski definition) is 2. The van der Waals surface area contributed by atoms with Crippen LogP contribution >= 0.6 is 0 Å². The largest absolute Gasteiger partial charge is 0.402 e. The highest BCUT2D eigenvalue weighted by atomic mass is 28.4. The second kappa shape index (κ2) is 7.85. The first-order valence-corrected chi connectivity index (χ1v) is 10.1. The molecule has 4 heteroatoms. The molecule has 0 aliphatic carbocycles. The Morgan fingerprint density at radius 3 is 2.37 bits per heavy atom. The van der Waals surface area contributed by atoms with Gasteiger partial charge in [-0.2, -0.15) is 0 Å². The van der Waals surface area contributed by atoms with Gasteiger partial charge in [-0.3, -0.25) is 4.79 Å². The molecule has 1 atom stereocenters. The van der Waals surface area contributed by atoms with Crippen molar-refractivity contribution in [1.29, 1.82) is 0 Å². The first-order valence-electron chi connectivity index (χ1n) is 7.24. The van der Waals surface area contributed by atoms with Gasteiger partial charge >= 0.3 is 0 Å². The summed E-state index contributed by atoms with van der Waals surface area (Å²) in [6.45, 7) is 15.6. The lowest BCUT2D eigenvalue weighted by molar-refractivity contribution is -0.126. The average Bonchev–Trinajstić information content (AvgIpc) is 2.27. The molecule has 112 valence electrons. The molecular formula is C15H31NO2Si. The minimum Gasteiger partial charge on any atom is -0.402 e. The molecule has 1 amide bonds. The Hall–Kier alpha value is -0.613. The van der Waals surface area contributed by atoms with Gasteiger partial charge in [-0.15, -0.1) is 0 Å². The fourth-order valence-corrected chi connectivity index (χ4v) is 2.51. The number of carbonyl (C=O) groups excluding carboxylic acids is 1. The van der Waals surface area contributed by atoms with Crippen LogP contribution in [0, 0.1) is 0 Å². The van der Waals surface area contributed by atoms with E-state index in [2.05, 4.69) is 46.1 Å². The molecule has 0 radical (unpaired) electrons. The SMILES string of the molecule is C/C=C/C(O[Si](C)(C)C(C)(C)C)C(=O)NCCCC. The van der Waals surface area contributed by atoms with Crippen molar-refractivity contribution in [3.05, 3.63) is 12.2 Å². The number of rotatable bonds is 7. The van der Waals surface area contributed by atoms with Gasteiger partial charge in [0.25, 0.3) is 5.91 Å². The molecule has 0 aromatic carbocycles. The highest BCUT2D eigenvalue weighted by Gasteiger charge is 2.40. The molecule has 3 nitrogen and oxygen atoms in total. The molecule has 0 aliphatic rings. The van der Waals surface area contributed by atoms with E-state index in [4.69, 9.17) is 4.43 Å². The van der Waals surface area contributed by atoms with Crippen molar-refractivity contribution in [2.24, 2.45) is 0 Å². The standard InChI is InChI=1S/C15H31NO2Si/c1-8-10-12-16-14(17)13(11-9-2)18-19(6,7)15(3,4)5/h9,11,13H,8,10,12H2,1-7H3,(H,16,17)/b11-9+. The van der Waals surface area contributed by atoms with E-state index in [0.29, 0.717) is 0 Å². The van der Waals surface area contributed by atoms with Gasteiger partial charge in [0.1, 0.15) is 6.10 Å². The Kier molecular flexibility index (Phi) is 7.60. The van der Waals surface area contributed by atoms with Gasteiger partial charge in [0.2, 0.25) is 0 Å². The zero-order valence-corrected chi connectivity index (χ0v) is 14.7. The molecule has 0 saturated carbocycles. The van der Waals surface area contributed by atoms with Gasteiger partial charge < -0.3 is 9.74 Å². The molecule has 0 heterocycles. The smallest absolute Gasteiger partial charge is 0.251 e. The maximum absolute atomic E-state index is 12.1. The molecule has 0 rings (SSSR count). The van der Waals surface area contributed by atoms with Crippen molar-refractivity contribution in [2.75, 3.05) is 6.54 Å². The number of hydrogen-bond donors (Lipinski definition) is 1. The molecule has 19 heavy (non-hydrogen) atoms. The van der Waals surface area contributed by atoms with Crippen molar-refractivity contribution in [3.63, 3.8) is 0 Å². The Morgan fingerprint density at radius 1 is 1.37 bits per heavy atom. The van der Waals surface area contributed by atoms with E-state index in [1.54, 1.807) is 0 Å². The zero-order chi connectivity index (χ0) is 15.1. The predicted octanol–water partition coefficient (Wildman–Crippen LogP) is 3.87. The predicted molar refractivity (Wildman–Crippen MR) is 84.8 cm³/mol. The first kappa shape index (κ1) is 18.4. The van der Waals surface area contributed by atoms with Crippen LogP contribution in [0.2, 0.25) is 18.1 Å². The topological polar surface area (TPSA) is 38.3 Å². The van der Waals surface area contributed by atoms with Crippen LogP contribution < -0.4 is 5.32 Å². The zero-order valence-electron chi connectivity index (χ0n) is 13.7. The third-order valence-electron chi connectivity index (χ3n) is 3.68. The van der Waals surface area contributed by atoms with Crippen molar-refractivity contribution in [1.82, 2.24) is 5.32 Å². The van der Waals surface area contributed by atoms with E-state index in [1.807, 2.05) is 19.1 Å². The summed E-state index contributed by atoms with van der Waals surface area (Å²) in [4.78, 5) is 12.1. The lowest BCUT2D eigenvalue weighted by Crippen LogP contribution is -2.48. The van der Waals surface area contributed by atoms with Crippen molar-refractivity contribution >= 4 is 14.2 Å². The number of nitrogens with one attached hydrogen (secondary N) is 1. The van der Waals surface area contributed by atoms with Crippen LogP contribution in [0.1, 0.15) is 47.5 Å². The maximum Gasteiger partial charge on any atom is 0.251 e. The fourth-order valence-electron chi connectivity index (χ4n) is 1.34. The number of carbonyl (C=O) groups is 1. The third kappa shape index (κ3) is 6.39. The second-order valence-electron chi connectivity index (χ2n) is 6.47. The van der Waals surface area contributed by atoms with E-state index >= 15 is 0 Å². The Labute approximate surface area is 119 Å². The molecule has 1 N–H and O–H groups in total. The summed E-state index contributed by atoms with van der Waals surface area (Å²) in [5.41, 5.74) is 0. The van der Waals surface area contributed by atoms with Gasteiger partial charge in [-0.25, -0.2) is 0 Å². The molecule has 0 aromatic heterocycles. The first-order chi connectivity index (χ1) is 8.65. The molecule has 1 unspecified atom stereocenters. The van der Waals surface area contributed by atoms with E-state index < -0.39 is 14.4 Å². The molecular weight excluding hydrogens is 254 g/mol. The average molecular weight is 286 g/mol. The summed E-state index contributed by atoms with van der Waals surface area (Å²) >= 11 is 0. The van der Waals surface area contributed by atoms with Crippen LogP contribution in [0.5, 0.6) is 0 Å². The van der Waals surface area contributed by atoms with Gasteiger partial charge in [-0.1, -0.05) is 46.3 Å². The highest BCUT2D eigenvalue weighted by molar-refractivity contribution is 6.74. The fraction of sp³-hybridized carbons (Fsp3) is 0.800. The van der Waals surface area contributed by atoms with E-state index in [9.17, 15) is 4.79 Å². The molecule has 0 saturated heterocycles. The maximum atomic E-state index is 12.1. The van der Waals surface area contributed by atoms with Crippen LogP contribution in [0.25, 0.3) is 0 Å². The van der Waals surface area contributed by atoms with Crippen LogP contribution in [0.15, 0.2) is 12.2 Å². The van der Waals surface area contributed by atoms with Gasteiger partial charge in [0, 0.05) is 6.54 Å². The summed E-state index contributed by atoms with van der Waals surface area (Å²) in [5, 5.41) is 3.06. The van der Waals surface area contributed by atoms with Crippen molar-refractivity contribution in [3.8, 4) is 0 Å². The monoisotopic (exact) mass is 285 g/mol. The summed E-state index contributed by atoms with van der Waals surface area (Å²) in [6, 6.07) is 0. The third-order valence-corrected chi connectivity index (χ3v) is 8.14. The van der Waals surface area contributed by atoms with Crippen molar-refractivity contribution in [2.45, 2.75) is 71.7 Å². The Bertz CT molecular complexity index is 306.